The van der Waals surface area contributed by atoms with Crippen LogP contribution in [-0.2, 0) is 10.3 Å². The first-order valence-corrected chi connectivity index (χ1v) is 7.45. The van der Waals surface area contributed by atoms with Crippen molar-refractivity contribution in [1.82, 2.24) is 0 Å². The zero-order valence-corrected chi connectivity index (χ0v) is 11.7. The molecule has 0 aromatic heterocycles. The summed E-state index contributed by atoms with van der Waals surface area (Å²) in [6, 6.07) is 3.36. The molecule has 112 valence electrons. The van der Waals surface area contributed by atoms with Gasteiger partial charge in [0.1, 0.15) is 0 Å². The Balaban J connectivity index is 3.21. The number of unbranched alkanes of at least 4 members (excludes halogenated alkanes) is 2. The van der Waals surface area contributed by atoms with Crippen LogP contribution in [0.5, 0.6) is 0 Å². The molecular weight excluding hydrogens is 289 g/mol. The molecule has 1 aromatic carbocycles. The highest BCUT2D eigenvalue weighted by atomic mass is 32.2. The number of hydrogen-bond donors (Lipinski definition) is 2. The number of hydrogen-bond acceptors (Lipinski definition) is 3. The fourth-order valence-corrected chi connectivity index (χ4v) is 2.49. The lowest BCUT2D eigenvalue weighted by Gasteiger charge is -2.21. The second kappa shape index (κ2) is 6.67. The number of carbonyl (C=O) groups is 1. The van der Waals surface area contributed by atoms with E-state index in [1.807, 2.05) is 6.92 Å². The zero-order chi connectivity index (χ0) is 15.3. The molecule has 0 aliphatic rings. The second-order valence-corrected chi connectivity index (χ2v) is 5.54. The van der Waals surface area contributed by atoms with Crippen LogP contribution in [0.2, 0.25) is 0 Å². The van der Waals surface area contributed by atoms with Crippen molar-refractivity contribution in [1.29, 1.82) is 0 Å². The minimum absolute atomic E-state index is 0.118. The van der Waals surface area contributed by atoms with Crippen LogP contribution in [0.4, 0.5) is 10.1 Å². The van der Waals surface area contributed by atoms with E-state index >= 15 is 0 Å². The minimum atomic E-state index is -4.66. The third kappa shape index (κ3) is 3.91. The largest absolute Gasteiger partial charge is 0.478 e. The molecule has 0 spiro atoms. The van der Waals surface area contributed by atoms with Gasteiger partial charge in [-0.2, -0.15) is 8.42 Å². The summed E-state index contributed by atoms with van der Waals surface area (Å²) in [5.74, 6) is -2.69. The van der Waals surface area contributed by atoms with Crippen LogP contribution in [0.15, 0.2) is 18.2 Å². The van der Waals surface area contributed by atoms with Crippen molar-refractivity contribution in [3.05, 3.63) is 29.6 Å². The van der Waals surface area contributed by atoms with Gasteiger partial charge in [0, 0.05) is 6.54 Å². The molecule has 0 radical (unpaired) electrons. The van der Waals surface area contributed by atoms with Gasteiger partial charge in [0.2, 0.25) is 0 Å². The lowest BCUT2D eigenvalue weighted by Crippen LogP contribution is -2.32. The number of aromatic carboxylic acids is 1. The standard InChI is InChI=1S/C12H16FNO5S/c1-2-3-4-8-14(20(17,18)19)10-7-5-6-9(11(10)13)12(15)16/h5-7H,2-4,8H2,1H3,(H,15,16)(H,17,18,19). The van der Waals surface area contributed by atoms with Gasteiger partial charge >= 0.3 is 16.3 Å². The second-order valence-electron chi connectivity index (χ2n) is 4.20. The van der Waals surface area contributed by atoms with Crippen LogP contribution >= 0.6 is 0 Å². The molecule has 0 amide bonds. The lowest BCUT2D eigenvalue weighted by molar-refractivity contribution is 0.0692. The highest BCUT2D eigenvalue weighted by molar-refractivity contribution is 7.87. The Kier molecular flexibility index (Phi) is 5.46. The predicted octanol–water partition coefficient (Wildman–Crippen LogP) is 2.32. The van der Waals surface area contributed by atoms with Gasteiger partial charge in [0.25, 0.3) is 0 Å². The number of benzene rings is 1. The van der Waals surface area contributed by atoms with Crippen LogP contribution in [-0.4, -0.2) is 30.6 Å². The Bertz CT molecular complexity index is 588. The van der Waals surface area contributed by atoms with Crippen LogP contribution in [0.25, 0.3) is 0 Å². The SMILES string of the molecule is CCCCCN(c1cccc(C(=O)O)c1F)S(=O)(=O)O. The predicted molar refractivity (Wildman–Crippen MR) is 71.8 cm³/mol. The van der Waals surface area contributed by atoms with E-state index in [1.165, 1.54) is 6.07 Å². The molecule has 0 atom stereocenters. The van der Waals surface area contributed by atoms with Gasteiger partial charge in [-0.3, -0.25) is 4.55 Å². The Labute approximate surface area is 116 Å². The van der Waals surface area contributed by atoms with Gasteiger partial charge in [-0.05, 0) is 18.6 Å². The molecule has 2 N–H and O–H groups in total. The van der Waals surface area contributed by atoms with Crippen molar-refractivity contribution in [2.24, 2.45) is 0 Å². The van der Waals surface area contributed by atoms with Gasteiger partial charge in [0.15, 0.2) is 5.82 Å². The zero-order valence-electron chi connectivity index (χ0n) is 10.9. The minimum Gasteiger partial charge on any atom is -0.478 e. The maximum Gasteiger partial charge on any atom is 0.360 e. The fourth-order valence-electron chi connectivity index (χ4n) is 1.74. The molecule has 1 aromatic rings. The Morgan fingerprint density at radius 1 is 1.35 bits per heavy atom. The van der Waals surface area contributed by atoms with Crippen LogP contribution in [0.1, 0.15) is 36.5 Å². The van der Waals surface area contributed by atoms with E-state index in [0.29, 0.717) is 17.1 Å². The normalized spacial score (nSPS) is 11.3. The highest BCUT2D eigenvalue weighted by Gasteiger charge is 2.25. The van der Waals surface area contributed by atoms with E-state index in [9.17, 15) is 17.6 Å². The van der Waals surface area contributed by atoms with E-state index in [2.05, 4.69) is 0 Å². The van der Waals surface area contributed by atoms with E-state index in [-0.39, 0.29) is 6.54 Å². The summed E-state index contributed by atoms with van der Waals surface area (Å²) < 4.78 is 46.3. The number of halogens is 1. The fraction of sp³-hybridized carbons (Fsp3) is 0.417. The summed E-state index contributed by atoms with van der Waals surface area (Å²) in [4.78, 5) is 10.8. The van der Waals surface area contributed by atoms with Crippen LogP contribution in [0.3, 0.4) is 0 Å². The molecule has 8 heteroatoms. The number of anilines is 1. The van der Waals surface area contributed by atoms with Crippen LogP contribution in [0, 0.1) is 5.82 Å². The molecule has 0 saturated carbocycles. The van der Waals surface area contributed by atoms with E-state index in [0.717, 1.165) is 18.6 Å². The van der Waals surface area contributed by atoms with Gasteiger partial charge in [0.05, 0.1) is 11.3 Å². The van der Waals surface area contributed by atoms with Crippen molar-refractivity contribution < 1.29 is 27.3 Å². The van der Waals surface area contributed by atoms with Crippen molar-refractivity contribution >= 4 is 22.0 Å². The maximum atomic E-state index is 14.0. The molecule has 0 saturated heterocycles. The van der Waals surface area contributed by atoms with Crippen LogP contribution < -0.4 is 4.31 Å². The summed E-state index contributed by atoms with van der Waals surface area (Å²) >= 11 is 0. The smallest absolute Gasteiger partial charge is 0.360 e. The molecule has 0 fully saturated rings. The molecule has 0 heterocycles. The van der Waals surface area contributed by atoms with Crippen molar-refractivity contribution in [2.45, 2.75) is 26.2 Å². The highest BCUT2D eigenvalue weighted by Crippen LogP contribution is 2.25. The third-order valence-corrected chi connectivity index (χ3v) is 3.66. The summed E-state index contributed by atoms with van der Waals surface area (Å²) in [5, 5.41) is 8.82. The van der Waals surface area contributed by atoms with Crippen molar-refractivity contribution in [3.63, 3.8) is 0 Å². The quantitative estimate of drug-likeness (QED) is 0.595. The molecule has 0 unspecified atom stereocenters. The number of carboxylic acids is 1. The lowest BCUT2D eigenvalue weighted by atomic mass is 10.2. The average molecular weight is 305 g/mol. The monoisotopic (exact) mass is 305 g/mol. The first-order chi connectivity index (χ1) is 9.29. The first-order valence-electron chi connectivity index (χ1n) is 6.06. The maximum absolute atomic E-state index is 14.0. The summed E-state index contributed by atoms with van der Waals surface area (Å²) in [6.45, 7) is 1.79. The Morgan fingerprint density at radius 2 is 2.00 bits per heavy atom. The van der Waals surface area contributed by atoms with Gasteiger partial charge in [-0.25, -0.2) is 13.5 Å². The summed E-state index contributed by atoms with van der Waals surface area (Å²) in [6.07, 6.45) is 1.94. The Hall–Kier alpha value is -1.67. The topological polar surface area (TPSA) is 94.9 Å². The van der Waals surface area contributed by atoms with Gasteiger partial charge in [-0.1, -0.05) is 25.8 Å². The molecule has 20 heavy (non-hydrogen) atoms. The molecule has 0 bridgehead atoms. The van der Waals surface area contributed by atoms with Crippen molar-refractivity contribution in [2.75, 3.05) is 10.8 Å². The van der Waals surface area contributed by atoms with E-state index in [1.54, 1.807) is 0 Å². The number of carboxylic acid groups (broad SMARTS) is 1. The third-order valence-electron chi connectivity index (χ3n) is 2.72. The summed E-state index contributed by atoms with van der Waals surface area (Å²) in [5.41, 5.74) is -1.12. The Morgan fingerprint density at radius 3 is 2.50 bits per heavy atom. The molecule has 0 aliphatic carbocycles. The van der Waals surface area contributed by atoms with E-state index in [4.69, 9.17) is 9.66 Å². The number of nitrogens with zero attached hydrogens (tertiary/aromatic N) is 1. The van der Waals surface area contributed by atoms with Gasteiger partial charge < -0.3 is 5.11 Å². The van der Waals surface area contributed by atoms with Gasteiger partial charge in [-0.15, -0.1) is 0 Å². The molecule has 6 nitrogen and oxygen atoms in total. The molecular formula is C12H16FNO5S. The average Bonchev–Trinajstić information content (AvgIpc) is 2.34. The summed E-state index contributed by atoms with van der Waals surface area (Å²) in [7, 11) is -4.66. The number of rotatable bonds is 7. The van der Waals surface area contributed by atoms with E-state index < -0.39 is 33.3 Å². The van der Waals surface area contributed by atoms with Crippen molar-refractivity contribution in [3.8, 4) is 0 Å². The first kappa shape index (κ1) is 16.4. The molecule has 0 aliphatic heterocycles. The molecule has 1 rings (SSSR count).